The van der Waals surface area contributed by atoms with Crippen molar-refractivity contribution >= 4 is 29.0 Å². The summed E-state index contributed by atoms with van der Waals surface area (Å²) >= 11 is 1.48. The molecule has 1 saturated heterocycles. The van der Waals surface area contributed by atoms with E-state index < -0.39 is 5.82 Å². The highest BCUT2D eigenvalue weighted by Gasteiger charge is 2.35. The zero-order valence-corrected chi connectivity index (χ0v) is 11.4. The fraction of sp³-hybridized carbons (Fsp3) is 0.133. The largest absolute Gasteiger partial charge is 0.399 e. The number of nitrogens with zero attached hydrogens (tertiary/aromatic N) is 1. The van der Waals surface area contributed by atoms with Gasteiger partial charge < -0.3 is 5.73 Å². The predicted octanol–water partition coefficient (Wildman–Crippen LogP) is 3.19. The van der Waals surface area contributed by atoms with Crippen molar-refractivity contribution in [3.8, 4) is 0 Å². The van der Waals surface area contributed by atoms with Crippen LogP contribution in [-0.4, -0.2) is 11.7 Å². The van der Waals surface area contributed by atoms with E-state index in [2.05, 4.69) is 0 Å². The van der Waals surface area contributed by atoms with Gasteiger partial charge in [0.2, 0.25) is 5.91 Å². The zero-order valence-electron chi connectivity index (χ0n) is 10.6. The predicted molar refractivity (Wildman–Crippen MR) is 79.9 cm³/mol. The summed E-state index contributed by atoms with van der Waals surface area (Å²) in [5.41, 5.74) is 7.64. The Bertz CT molecular complexity index is 662. The number of benzene rings is 2. The number of carbonyl (C=O) groups is 1. The molecule has 2 aromatic carbocycles. The van der Waals surface area contributed by atoms with E-state index in [1.54, 1.807) is 24.3 Å². The summed E-state index contributed by atoms with van der Waals surface area (Å²) in [6, 6.07) is 13.7. The Morgan fingerprint density at radius 2 is 2.00 bits per heavy atom. The second-order valence-electron chi connectivity index (χ2n) is 4.55. The molecule has 1 heterocycles. The van der Waals surface area contributed by atoms with Crippen molar-refractivity contribution in [2.75, 3.05) is 16.4 Å². The molecule has 2 aromatic rings. The van der Waals surface area contributed by atoms with Crippen molar-refractivity contribution in [1.82, 2.24) is 0 Å². The minimum absolute atomic E-state index is 0.0903. The van der Waals surface area contributed by atoms with E-state index in [0.717, 1.165) is 5.56 Å². The first-order chi connectivity index (χ1) is 9.66. The lowest BCUT2D eigenvalue weighted by atomic mass is 10.1. The smallest absolute Gasteiger partial charge is 0.238 e. The van der Waals surface area contributed by atoms with Crippen molar-refractivity contribution in [3.63, 3.8) is 0 Å². The van der Waals surface area contributed by atoms with Gasteiger partial charge in [-0.15, -0.1) is 11.8 Å². The first-order valence-electron chi connectivity index (χ1n) is 6.20. The molecule has 102 valence electrons. The zero-order chi connectivity index (χ0) is 14.1. The Morgan fingerprint density at radius 1 is 1.20 bits per heavy atom. The summed E-state index contributed by atoms with van der Waals surface area (Å²) in [4.78, 5) is 13.6. The Morgan fingerprint density at radius 3 is 2.75 bits per heavy atom. The number of nitrogens with two attached hydrogens (primary N) is 1. The lowest BCUT2D eigenvalue weighted by molar-refractivity contribution is -0.115. The molecule has 0 bridgehead atoms. The second kappa shape index (κ2) is 5.17. The third kappa shape index (κ3) is 2.25. The van der Waals surface area contributed by atoms with Gasteiger partial charge in [-0.25, -0.2) is 4.39 Å². The molecule has 0 spiro atoms. The summed E-state index contributed by atoms with van der Waals surface area (Å²) in [6.45, 7) is 0. The van der Waals surface area contributed by atoms with Gasteiger partial charge >= 0.3 is 0 Å². The number of para-hydroxylation sites is 1. The quantitative estimate of drug-likeness (QED) is 0.863. The molecule has 0 saturated carbocycles. The molecule has 2 N–H and O–H groups in total. The monoisotopic (exact) mass is 288 g/mol. The highest BCUT2D eigenvalue weighted by molar-refractivity contribution is 8.00. The fourth-order valence-electron chi connectivity index (χ4n) is 2.29. The average molecular weight is 288 g/mol. The second-order valence-corrected chi connectivity index (χ2v) is 5.62. The van der Waals surface area contributed by atoms with Crippen LogP contribution in [0.3, 0.4) is 0 Å². The minimum atomic E-state index is -0.391. The summed E-state index contributed by atoms with van der Waals surface area (Å²) in [7, 11) is 0. The highest BCUT2D eigenvalue weighted by atomic mass is 32.2. The van der Waals surface area contributed by atoms with Crippen LogP contribution in [0.1, 0.15) is 10.9 Å². The number of rotatable bonds is 2. The first kappa shape index (κ1) is 13.0. The third-order valence-electron chi connectivity index (χ3n) is 3.18. The molecule has 20 heavy (non-hydrogen) atoms. The third-order valence-corrected chi connectivity index (χ3v) is 4.39. The van der Waals surface area contributed by atoms with Crippen LogP contribution < -0.4 is 10.6 Å². The van der Waals surface area contributed by atoms with Gasteiger partial charge in [0.15, 0.2) is 0 Å². The minimum Gasteiger partial charge on any atom is -0.399 e. The van der Waals surface area contributed by atoms with Crippen LogP contribution in [-0.2, 0) is 4.79 Å². The molecule has 3 rings (SSSR count). The normalized spacial score (nSPS) is 18.6. The van der Waals surface area contributed by atoms with Gasteiger partial charge in [0.25, 0.3) is 0 Å². The fourth-order valence-corrected chi connectivity index (χ4v) is 3.45. The number of carbonyl (C=O) groups excluding carboxylic acids is 1. The lowest BCUT2D eigenvalue weighted by Crippen LogP contribution is -2.28. The van der Waals surface area contributed by atoms with Crippen molar-refractivity contribution in [2.24, 2.45) is 0 Å². The van der Waals surface area contributed by atoms with E-state index in [4.69, 9.17) is 5.73 Å². The van der Waals surface area contributed by atoms with Crippen molar-refractivity contribution in [2.45, 2.75) is 5.37 Å². The van der Waals surface area contributed by atoms with Crippen LogP contribution >= 0.6 is 11.8 Å². The van der Waals surface area contributed by atoms with Crippen molar-refractivity contribution in [1.29, 1.82) is 0 Å². The van der Waals surface area contributed by atoms with E-state index >= 15 is 0 Å². The molecule has 5 heteroatoms. The molecule has 0 radical (unpaired) electrons. The summed E-state index contributed by atoms with van der Waals surface area (Å²) in [5.74, 6) is -0.141. The molecule has 0 aliphatic carbocycles. The van der Waals surface area contributed by atoms with Crippen LogP contribution in [0.4, 0.5) is 15.8 Å². The Labute approximate surface area is 120 Å². The molecule has 0 aromatic heterocycles. The van der Waals surface area contributed by atoms with Gasteiger partial charge in [0.1, 0.15) is 11.2 Å². The molecular formula is C15H13FN2OS. The van der Waals surface area contributed by atoms with E-state index in [0.29, 0.717) is 17.1 Å². The van der Waals surface area contributed by atoms with Crippen LogP contribution in [0.5, 0.6) is 0 Å². The molecule has 1 atom stereocenters. The van der Waals surface area contributed by atoms with Crippen molar-refractivity contribution < 1.29 is 9.18 Å². The maximum atomic E-state index is 14.0. The number of halogens is 1. The SMILES string of the molecule is Nc1cccc([C@@H]2SCC(=O)N2c2ccccc2F)c1. The number of nitrogen functional groups attached to an aromatic ring is 1. The van der Waals surface area contributed by atoms with Gasteiger partial charge in [-0.2, -0.15) is 0 Å². The van der Waals surface area contributed by atoms with Gasteiger partial charge in [0.05, 0.1) is 11.4 Å². The maximum Gasteiger partial charge on any atom is 0.238 e. The van der Waals surface area contributed by atoms with Crippen LogP contribution in [0.15, 0.2) is 48.5 Å². The number of hydrogen-bond donors (Lipinski definition) is 1. The van der Waals surface area contributed by atoms with Gasteiger partial charge in [-0.05, 0) is 29.8 Å². The number of thioether (sulfide) groups is 1. The summed E-state index contributed by atoms with van der Waals surface area (Å²) in [5, 5.41) is -0.233. The standard InChI is InChI=1S/C15H13FN2OS/c16-12-6-1-2-7-13(12)18-14(19)9-20-15(18)10-4-3-5-11(17)8-10/h1-8,15H,9,17H2/t15-/m0/s1. The molecule has 0 unspecified atom stereocenters. The van der Waals surface area contributed by atoms with Gasteiger partial charge in [-0.3, -0.25) is 9.69 Å². The lowest BCUT2D eigenvalue weighted by Gasteiger charge is -2.24. The number of amides is 1. The number of anilines is 2. The molecule has 1 aliphatic heterocycles. The topological polar surface area (TPSA) is 46.3 Å². The number of hydrogen-bond acceptors (Lipinski definition) is 3. The van der Waals surface area contributed by atoms with E-state index in [1.165, 1.54) is 22.7 Å². The first-order valence-corrected chi connectivity index (χ1v) is 7.25. The van der Waals surface area contributed by atoms with Crippen LogP contribution in [0.2, 0.25) is 0 Å². The van der Waals surface area contributed by atoms with Crippen LogP contribution in [0, 0.1) is 5.82 Å². The summed E-state index contributed by atoms with van der Waals surface area (Å²) in [6.07, 6.45) is 0. The van der Waals surface area contributed by atoms with E-state index in [-0.39, 0.29) is 11.3 Å². The van der Waals surface area contributed by atoms with Crippen LogP contribution in [0.25, 0.3) is 0 Å². The molecule has 3 nitrogen and oxygen atoms in total. The van der Waals surface area contributed by atoms with Gasteiger partial charge in [0, 0.05) is 5.69 Å². The van der Waals surface area contributed by atoms with Gasteiger partial charge in [-0.1, -0.05) is 24.3 Å². The van der Waals surface area contributed by atoms with E-state index in [1.807, 2.05) is 18.2 Å². The highest BCUT2D eigenvalue weighted by Crippen LogP contribution is 2.42. The summed E-state index contributed by atoms with van der Waals surface area (Å²) < 4.78 is 14.0. The molecule has 1 fully saturated rings. The maximum absolute atomic E-state index is 14.0. The van der Waals surface area contributed by atoms with E-state index in [9.17, 15) is 9.18 Å². The molecule has 1 amide bonds. The molecular weight excluding hydrogens is 275 g/mol. The Balaban J connectivity index is 2.03. The molecule has 1 aliphatic rings. The Kier molecular flexibility index (Phi) is 3.36. The Hall–Kier alpha value is -2.01. The van der Waals surface area contributed by atoms with Crippen molar-refractivity contribution in [3.05, 3.63) is 59.9 Å². The average Bonchev–Trinajstić information content (AvgIpc) is 2.81.